The predicted octanol–water partition coefficient (Wildman–Crippen LogP) is 2.95. The van der Waals surface area contributed by atoms with Gasteiger partial charge in [-0.3, -0.25) is 19.7 Å². The number of benzene rings is 3. The van der Waals surface area contributed by atoms with Crippen LogP contribution < -0.4 is 10.0 Å². The third kappa shape index (κ3) is 5.33. The minimum atomic E-state index is -4.17. The summed E-state index contributed by atoms with van der Waals surface area (Å²) in [7, 11) is -4.17. The van der Waals surface area contributed by atoms with Crippen LogP contribution in [0.2, 0.25) is 0 Å². The highest BCUT2D eigenvalue weighted by molar-refractivity contribution is 7.89. The fraction of sp³-hybridized carbons (Fsp3) is 0.0476. The lowest BCUT2D eigenvalue weighted by molar-refractivity contribution is -0.384. The Kier molecular flexibility index (Phi) is 6.61. The van der Waals surface area contributed by atoms with Crippen LogP contribution in [0.15, 0.2) is 83.8 Å². The fourth-order valence-corrected chi connectivity index (χ4v) is 3.96. The van der Waals surface area contributed by atoms with Gasteiger partial charge in [0.05, 0.1) is 9.82 Å². The van der Waals surface area contributed by atoms with Crippen LogP contribution in [0.1, 0.15) is 22.0 Å². The summed E-state index contributed by atoms with van der Waals surface area (Å²) in [6.07, 6.45) is 0. The predicted molar refractivity (Wildman–Crippen MR) is 115 cm³/mol. The Bertz CT molecular complexity index is 1240. The van der Waals surface area contributed by atoms with E-state index in [4.69, 9.17) is 0 Å². The second-order valence-corrected chi connectivity index (χ2v) is 8.30. The summed E-state index contributed by atoms with van der Waals surface area (Å²) in [5, 5.41) is 22.7. The zero-order valence-electron chi connectivity index (χ0n) is 16.3. The van der Waals surface area contributed by atoms with Gasteiger partial charge in [-0.25, -0.2) is 8.42 Å². The van der Waals surface area contributed by atoms with Gasteiger partial charge in [0.1, 0.15) is 6.04 Å². The highest BCUT2D eigenvalue weighted by Gasteiger charge is 2.26. The maximum absolute atomic E-state index is 12.6. The largest absolute Gasteiger partial charge is 0.480 e. The summed E-state index contributed by atoms with van der Waals surface area (Å²) in [6, 6.07) is 16.5. The van der Waals surface area contributed by atoms with E-state index in [9.17, 15) is 33.2 Å². The van der Waals surface area contributed by atoms with E-state index in [2.05, 4.69) is 10.0 Å². The molecule has 0 aromatic heterocycles. The van der Waals surface area contributed by atoms with Crippen molar-refractivity contribution >= 4 is 33.3 Å². The molecule has 1 amide bonds. The van der Waals surface area contributed by atoms with Gasteiger partial charge in [-0.2, -0.15) is 4.72 Å². The topological polar surface area (TPSA) is 156 Å². The Balaban J connectivity index is 1.73. The molecule has 0 aliphatic heterocycles. The number of hydrogen-bond donors (Lipinski definition) is 3. The Morgan fingerprint density at radius 3 is 2.03 bits per heavy atom. The van der Waals surface area contributed by atoms with Crippen molar-refractivity contribution in [3.63, 3.8) is 0 Å². The summed E-state index contributed by atoms with van der Waals surface area (Å²) in [5.41, 5.74) is 0.584. The van der Waals surface area contributed by atoms with E-state index in [1.165, 1.54) is 60.7 Å². The summed E-state index contributed by atoms with van der Waals surface area (Å²) >= 11 is 0. The van der Waals surface area contributed by atoms with Crippen LogP contribution in [0.3, 0.4) is 0 Å². The standard InChI is InChI=1S/C21H17N3O7S/c25-20(15-6-10-17(11-7-15)24(28)29)22-16-8-12-18(13-9-16)32(30,31)23-19(21(26)27)14-4-2-1-3-5-14/h1-13,19,23H,(H,22,25)(H,26,27)/t19-/m1/s1. The molecule has 0 aliphatic rings. The first-order chi connectivity index (χ1) is 15.2. The second kappa shape index (κ2) is 9.37. The van der Waals surface area contributed by atoms with E-state index in [-0.39, 0.29) is 27.4 Å². The van der Waals surface area contributed by atoms with Crippen molar-refractivity contribution in [2.75, 3.05) is 5.32 Å². The zero-order chi connectivity index (χ0) is 23.3. The van der Waals surface area contributed by atoms with Gasteiger partial charge in [0.25, 0.3) is 11.6 Å². The van der Waals surface area contributed by atoms with Crippen molar-refractivity contribution < 1.29 is 28.0 Å². The van der Waals surface area contributed by atoms with Crippen molar-refractivity contribution in [3.8, 4) is 0 Å². The third-order valence-corrected chi connectivity index (χ3v) is 5.85. The number of nitro groups is 1. The number of aliphatic carboxylic acids is 1. The van der Waals surface area contributed by atoms with E-state index < -0.39 is 32.9 Å². The number of nitrogens with zero attached hydrogens (tertiary/aromatic N) is 1. The summed E-state index contributed by atoms with van der Waals surface area (Å²) in [4.78, 5) is 33.8. The average molecular weight is 455 g/mol. The van der Waals surface area contributed by atoms with Crippen LogP contribution in [0.4, 0.5) is 11.4 Å². The first-order valence-corrected chi connectivity index (χ1v) is 10.6. The fourth-order valence-electron chi connectivity index (χ4n) is 2.78. The molecule has 3 rings (SSSR count). The van der Waals surface area contributed by atoms with Crippen LogP contribution >= 0.6 is 0 Å². The molecular formula is C21H17N3O7S. The molecule has 0 heterocycles. The number of carboxylic acids is 1. The summed E-state index contributed by atoms with van der Waals surface area (Å²) < 4.78 is 27.4. The lowest BCUT2D eigenvalue weighted by Gasteiger charge is -2.15. The number of non-ortho nitro benzene ring substituents is 1. The number of amides is 1. The Hall–Kier alpha value is -4.09. The smallest absolute Gasteiger partial charge is 0.326 e. The van der Waals surface area contributed by atoms with E-state index in [0.29, 0.717) is 0 Å². The molecule has 0 spiro atoms. The van der Waals surface area contributed by atoms with Crippen molar-refractivity contribution in [3.05, 3.63) is 100 Å². The SMILES string of the molecule is O=C(Nc1ccc(S(=O)(=O)N[C@@H](C(=O)O)c2ccccc2)cc1)c1ccc([N+](=O)[O-])cc1. The van der Waals surface area contributed by atoms with Crippen LogP contribution in [-0.2, 0) is 14.8 Å². The molecule has 0 radical (unpaired) electrons. The maximum Gasteiger partial charge on any atom is 0.326 e. The van der Waals surface area contributed by atoms with E-state index in [1.54, 1.807) is 18.2 Å². The molecule has 164 valence electrons. The van der Waals surface area contributed by atoms with Crippen LogP contribution in [0, 0.1) is 10.1 Å². The monoisotopic (exact) mass is 455 g/mol. The van der Waals surface area contributed by atoms with Crippen molar-refractivity contribution in [2.45, 2.75) is 10.9 Å². The molecule has 10 nitrogen and oxygen atoms in total. The minimum absolute atomic E-state index is 0.154. The molecule has 3 aromatic rings. The van der Waals surface area contributed by atoms with Gasteiger partial charge in [0, 0.05) is 23.4 Å². The van der Waals surface area contributed by atoms with Crippen LogP contribution in [0.25, 0.3) is 0 Å². The molecule has 0 saturated carbocycles. The third-order valence-electron chi connectivity index (χ3n) is 4.42. The number of anilines is 1. The van der Waals surface area contributed by atoms with Gasteiger partial charge in [0.15, 0.2) is 0 Å². The van der Waals surface area contributed by atoms with E-state index in [0.717, 1.165) is 0 Å². The van der Waals surface area contributed by atoms with Crippen molar-refractivity contribution in [2.24, 2.45) is 0 Å². The Morgan fingerprint density at radius 2 is 1.50 bits per heavy atom. The van der Waals surface area contributed by atoms with Gasteiger partial charge in [-0.05, 0) is 42.0 Å². The Labute approximate surface area is 182 Å². The second-order valence-electron chi connectivity index (χ2n) is 6.59. The van der Waals surface area contributed by atoms with Crippen LogP contribution in [0.5, 0.6) is 0 Å². The molecule has 3 N–H and O–H groups in total. The number of rotatable bonds is 8. The summed E-state index contributed by atoms with van der Waals surface area (Å²) in [6.45, 7) is 0. The van der Waals surface area contributed by atoms with Gasteiger partial charge in [-0.15, -0.1) is 0 Å². The van der Waals surface area contributed by atoms with E-state index >= 15 is 0 Å². The molecule has 32 heavy (non-hydrogen) atoms. The first-order valence-electron chi connectivity index (χ1n) is 9.13. The van der Waals surface area contributed by atoms with E-state index in [1.807, 2.05) is 0 Å². The molecule has 0 aliphatic carbocycles. The lowest BCUT2D eigenvalue weighted by Crippen LogP contribution is -2.33. The molecule has 0 bridgehead atoms. The molecule has 3 aromatic carbocycles. The first kappa shape index (κ1) is 22.6. The average Bonchev–Trinajstić information content (AvgIpc) is 2.78. The molecule has 0 fully saturated rings. The normalized spacial score (nSPS) is 12.0. The number of nitrogens with one attached hydrogen (secondary N) is 2. The zero-order valence-corrected chi connectivity index (χ0v) is 17.2. The molecule has 0 saturated heterocycles. The number of sulfonamides is 1. The van der Waals surface area contributed by atoms with Gasteiger partial charge in [-0.1, -0.05) is 30.3 Å². The van der Waals surface area contributed by atoms with Gasteiger partial charge < -0.3 is 10.4 Å². The number of hydrogen-bond acceptors (Lipinski definition) is 6. The maximum atomic E-state index is 12.6. The number of nitro benzene ring substituents is 1. The number of carbonyl (C=O) groups is 2. The molecule has 1 atom stereocenters. The minimum Gasteiger partial charge on any atom is -0.480 e. The van der Waals surface area contributed by atoms with Crippen molar-refractivity contribution in [1.29, 1.82) is 0 Å². The van der Waals surface area contributed by atoms with Gasteiger partial charge in [0.2, 0.25) is 10.0 Å². The van der Waals surface area contributed by atoms with Crippen molar-refractivity contribution in [1.82, 2.24) is 4.72 Å². The Morgan fingerprint density at radius 1 is 0.906 bits per heavy atom. The molecule has 11 heteroatoms. The highest BCUT2D eigenvalue weighted by atomic mass is 32.2. The lowest BCUT2D eigenvalue weighted by atomic mass is 10.1. The quantitative estimate of drug-likeness (QED) is 0.348. The summed E-state index contributed by atoms with van der Waals surface area (Å²) in [5.74, 6) is -1.89. The van der Waals surface area contributed by atoms with Crippen LogP contribution in [-0.4, -0.2) is 30.3 Å². The molecule has 0 unspecified atom stereocenters. The highest BCUT2D eigenvalue weighted by Crippen LogP contribution is 2.20. The molecular weight excluding hydrogens is 438 g/mol. The number of carboxylic acid groups (broad SMARTS) is 1. The van der Waals surface area contributed by atoms with Gasteiger partial charge >= 0.3 is 5.97 Å². The number of carbonyl (C=O) groups excluding carboxylic acids is 1.